The van der Waals surface area contributed by atoms with Gasteiger partial charge in [-0.3, -0.25) is 4.79 Å². The van der Waals surface area contributed by atoms with Crippen LogP contribution in [0.1, 0.15) is 49.9 Å². The van der Waals surface area contributed by atoms with Crippen LogP contribution in [0.5, 0.6) is 5.75 Å². The number of sulfonamides is 1. The fourth-order valence-electron chi connectivity index (χ4n) is 2.44. The number of unbranched alkanes of at least 4 members (excludes halogenated alkanes) is 1. The maximum Gasteiger partial charge on any atom is 0.253 e. The zero-order valence-electron chi connectivity index (χ0n) is 14.5. The molecule has 1 saturated carbocycles. The van der Waals surface area contributed by atoms with Gasteiger partial charge in [0, 0.05) is 24.7 Å². The van der Waals surface area contributed by atoms with Crippen LogP contribution in [0.15, 0.2) is 23.1 Å². The van der Waals surface area contributed by atoms with E-state index in [1.165, 1.54) is 13.2 Å². The van der Waals surface area contributed by atoms with E-state index in [0.717, 1.165) is 25.7 Å². The minimum absolute atomic E-state index is 0.00393. The summed E-state index contributed by atoms with van der Waals surface area (Å²) in [6.07, 6.45) is 3.61. The Hall–Kier alpha value is -1.60. The second-order valence-corrected chi connectivity index (χ2v) is 7.68. The van der Waals surface area contributed by atoms with Crippen LogP contribution in [0.4, 0.5) is 0 Å². The molecule has 0 radical (unpaired) electrons. The van der Waals surface area contributed by atoms with Gasteiger partial charge < -0.3 is 9.64 Å². The van der Waals surface area contributed by atoms with Gasteiger partial charge in [-0.25, -0.2) is 13.1 Å². The molecule has 1 aliphatic rings. The van der Waals surface area contributed by atoms with Crippen LogP contribution in [-0.4, -0.2) is 45.5 Å². The smallest absolute Gasteiger partial charge is 0.253 e. The molecule has 0 saturated heterocycles. The predicted molar refractivity (Wildman–Crippen MR) is 92.8 cm³/mol. The molecule has 0 aliphatic heterocycles. The van der Waals surface area contributed by atoms with Crippen molar-refractivity contribution in [3.8, 4) is 5.75 Å². The van der Waals surface area contributed by atoms with Crippen molar-refractivity contribution in [1.82, 2.24) is 9.62 Å². The largest absolute Gasteiger partial charge is 0.495 e. The molecule has 6 nitrogen and oxygen atoms in total. The summed E-state index contributed by atoms with van der Waals surface area (Å²) in [5.74, 6) is 0.0905. The van der Waals surface area contributed by atoms with Gasteiger partial charge in [-0.2, -0.15) is 0 Å². The van der Waals surface area contributed by atoms with Gasteiger partial charge in [-0.05, 0) is 44.4 Å². The summed E-state index contributed by atoms with van der Waals surface area (Å²) in [5.41, 5.74) is 0.366. The monoisotopic (exact) mass is 354 g/mol. The van der Waals surface area contributed by atoms with Crippen molar-refractivity contribution in [2.75, 3.05) is 20.2 Å². The van der Waals surface area contributed by atoms with Gasteiger partial charge in [0.1, 0.15) is 10.6 Å². The number of benzene rings is 1. The molecule has 2 rings (SSSR count). The maximum atomic E-state index is 12.7. The molecule has 134 valence electrons. The summed E-state index contributed by atoms with van der Waals surface area (Å²) >= 11 is 0. The minimum Gasteiger partial charge on any atom is -0.495 e. The highest BCUT2D eigenvalue weighted by molar-refractivity contribution is 7.89. The van der Waals surface area contributed by atoms with Gasteiger partial charge >= 0.3 is 0 Å². The van der Waals surface area contributed by atoms with Crippen LogP contribution in [0.2, 0.25) is 0 Å². The molecule has 1 aromatic carbocycles. The van der Waals surface area contributed by atoms with E-state index in [2.05, 4.69) is 11.6 Å². The Morgan fingerprint density at radius 2 is 2.04 bits per heavy atom. The summed E-state index contributed by atoms with van der Waals surface area (Å²) < 4.78 is 32.9. The van der Waals surface area contributed by atoms with E-state index in [4.69, 9.17) is 4.74 Å². The maximum absolute atomic E-state index is 12.7. The van der Waals surface area contributed by atoms with Gasteiger partial charge in [-0.1, -0.05) is 13.3 Å². The van der Waals surface area contributed by atoms with Gasteiger partial charge in [0.2, 0.25) is 10.0 Å². The first-order chi connectivity index (χ1) is 11.4. The average molecular weight is 354 g/mol. The lowest BCUT2D eigenvalue weighted by Gasteiger charge is -2.21. The molecule has 24 heavy (non-hydrogen) atoms. The molecule has 1 N–H and O–H groups in total. The van der Waals surface area contributed by atoms with Crippen molar-refractivity contribution in [3.05, 3.63) is 23.8 Å². The second kappa shape index (κ2) is 7.98. The summed E-state index contributed by atoms with van der Waals surface area (Å²) in [5, 5.41) is 0. The lowest BCUT2D eigenvalue weighted by Crippen LogP contribution is -2.32. The van der Waals surface area contributed by atoms with E-state index in [1.807, 2.05) is 6.92 Å². The number of ether oxygens (including phenoxy) is 1. The lowest BCUT2D eigenvalue weighted by molar-refractivity contribution is 0.0762. The molecule has 0 spiro atoms. The Morgan fingerprint density at radius 3 is 2.58 bits per heavy atom. The summed E-state index contributed by atoms with van der Waals surface area (Å²) in [7, 11) is -2.27. The van der Waals surface area contributed by atoms with Gasteiger partial charge in [0.15, 0.2) is 0 Å². The third-order valence-electron chi connectivity index (χ3n) is 4.05. The third-order valence-corrected chi connectivity index (χ3v) is 5.59. The number of methoxy groups -OCH3 is 1. The summed E-state index contributed by atoms with van der Waals surface area (Å²) in [6, 6.07) is 4.57. The minimum atomic E-state index is -3.69. The molecule has 0 heterocycles. The van der Waals surface area contributed by atoms with Gasteiger partial charge in [0.05, 0.1) is 7.11 Å². The first-order valence-electron chi connectivity index (χ1n) is 8.42. The van der Waals surface area contributed by atoms with Crippen LogP contribution < -0.4 is 9.46 Å². The fourth-order valence-corrected chi connectivity index (χ4v) is 3.94. The van der Waals surface area contributed by atoms with Crippen molar-refractivity contribution >= 4 is 15.9 Å². The van der Waals surface area contributed by atoms with Crippen LogP contribution in [0, 0.1) is 0 Å². The van der Waals surface area contributed by atoms with Crippen LogP contribution in [-0.2, 0) is 10.0 Å². The zero-order valence-corrected chi connectivity index (χ0v) is 15.4. The number of amides is 1. The third kappa shape index (κ3) is 4.48. The molecular weight excluding hydrogens is 328 g/mol. The first-order valence-corrected chi connectivity index (χ1v) is 9.90. The molecular formula is C17H26N2O4S. The van der Waals surface area contributed by atoms with Crippen LogP contribution in [0.25, 0.3) is 0 Å². The number of hydrogen-bond donors (Lipinski definition) is 1. The fraction of sp³-hybridized carbons (Fsp3) is 0.588. The molecule has 1 amide bonds. The van der Waals surface area contributed by atoms with Crippen molar-refractivity contribution in [2.45, 2.75) is 50.5 Å². The van der Waals surface area contributed by atoms with Crippen molar-refractivity contribution in [3.63, 3.8) is 0 Å². The Balaban J connectivity index is 2.31. The van der Waals surface area contributed by atoms with E-state index >= 15 is 0 Å². The van der Waals surface area contributed by atoms with Crippen LogP contribution in [0.3, 0.4) is 0 Å². The highest BCUT2D eigenvalue weighted by Gasteiger charge is 2.30. The van der Waals surface area contributed by atoms with E-state index in [9.17, 15) is 13.2 Å². The van der Waals surface area contributed by atoms with Crippen molar-refractivity contribution in [2.24, 2.45) is 0 Å². The highest BCUT2D eigenvalue weighted by atomic mass is 32.2. The highest BCUT2D eigenvalue weighted by Crippen LogP contribution is 2.28. The Labute approximate surface area is 144 Å². The van der Waals surface area contributed by atoms with Gasteiger partial charge in [-0.15, -0.1) is 0 Å². The molecule has 0 bridgehead atoms. The molecule has 1 fully saturated rings. The Morgan fingerprint density at radius 1 is 1.33 bits per heavy atom. The quantitative estimate of drug-likeness (QED) is 0.739. The van der Waals surface area contributed by atoms with E-state index < -0.39 is 10.0 Å². The SMILES string of the molecule is CCCCN(CC)C(=O)c1ccc(OC)c(S(=O)(=O)NC2CC2)c1. The lowest BCUT2D eigenvalue weighted by atomic mass is 10.1. The number of nitrogens with zero attached hydrogens (tertiary/aromatic N) is 1. The van der Waals surface area contributed by atoms with E-state index in [-0.39, 0.29) is 22.6 Å². The predicted octanol–water partition coefficient (Wildman–Crippen LogP) is 2.40. The van der Waals surface area contributed by atoms with Crippen LogP contribution >= 0.6 is 0 Å². The van der Waals surface area contributed by atoms with Gasteiger partial charge in [0.25, 0.3) is 5.91 Å². The molecule has 0 atom stereocenters. The zero-order chi connectivity index (χ0) is 17.7. The summed E-state index contributed by atoms with van der Waals surface area (Å²) in [6.45, 7) is 5.25. The Bertz CT molecular complexity index is 684. The topological polar surface area (TPSA) is 75.7 Å². The molecule has 1 aliphatic carbocycles. The average Bonchev–Trinajstić information content (AvgIpc) is 3.38. The number of rotatable bonds is 9. The first kappa shape index (κ1) is 18.7. The molecule has 7 heteroatoms. The van der Waals surface area contributed by atoms with E-state index in [0.29, 0.717) is 18.7 Å². The van der Waals surface area contributed by atoms with Crippen molar-refractivity contribution in [1.29, 1.82) is 0 Å². The number of carbonyl (C=O) groups excluding carboxylic acids is 1. The van der Waals surface area contributed by atoms with E-state index in [1.54, 1.807) is 17.0 Å². The summed E-state index contributed by atoms with van der Waals surface area (Å²) in [4.78, 5) is 14.4. The Kier molecular flexibility index (Phi) is 6.23. The molecule has 1 aromatic rings. The number of carbonyl (C=O) groups is 1. The number of hydrogen-bond acceptors (Lipinski definition) is 4. The molecule has 0 aromatic heterocycles. The second-order valence-electron chi connectivity index (χ2n) is 6.00. The standard InChI is InChI=1S/C17H26N2O4S/c1-4-6-11-19(5-2)17(20)13-7-10-15(23-3)16(12-13)24(21,22)18-14-8-9-14/h7,10,12,14,18H,4-6,8-9,11H2,1-3H3. The normalized spacial score (nSPS) is 14.5. The van der Waals surface area contributed by atoms with Crippen molar-refractivity contribution < 1.29 is 17.9 Å². The molecule has 0 unspecified atom stereocenters. The number of nitrogens with one attached hydrogen (secondary N) is 1.